The lowest BCUT2D eigenvalue weighted by Crippen LogP contribution is -1.99. The molecule has 0 bridgehead atoms. The normalized spacial score (nSPS) is 11.2. The molecule has 6 nitrogen and oxygen atoms in total. The predicted molar refractivity (Wildman–Crippen MR) is 121 cm³/mol. The highest BCUT2D eigenvalue weighted by molar-refractivity contribution is 6.28. The maximum atomic E-state index is 10.4. The number of aromatic hydroxyl groups is 2. The van der Waals surface area contributed by atoms with Crippen LogP contribution in [0.25, 0.3) is 44.3 Å². The van der Waals surface area contributed by atoms with Crippen molar-refractivity contribution >= 4 is 33.1 Å². The van der Waals surface area contributed by atoms with Gasteiger partial charge in [-0.2, -0.15) is 9.97 Å². The van der Waals surface area contributed by atoms with Crippen LogP contribution in [0, 0.1) is 0 Å². The first kappa shape index (κ1) is 19.1. The largest absolute Gasteiger partial charge is 0.507 e. The number of phenolic OH excluding ortho intramolecular Hbond substituents is 2. The van der Waals surface area contributed by atoms with Gasteiger partial charge in [-0.1, -0.05) is 48.5 Å². The van der Waals surface area contributed by atoms with E-state index >= 15 is 0 Å². The highest BCUT2D eigenvalue weighted by atomic mass is 35.5. The second-order valence-electron chi connectivity index (χ2n) is 6.98. The van der Waals surface area contributed by atoms with Crippen molar-refractivity contribution in [3.05, 3.63) is 72.0 Å². The van der Waals surface area contributed by atoms with E-state index in [1.807, 2.05) is 48.5 Å². The first-order chi connectivity index (χ1) is 15.0. The van der Waals surface area contributed by atoms with Crippen molar-refractivity contribution in [2.45, 2.75) is 0 Å². The summed E-state index contributed by atoms with van der Waals surface area (Å²) in [4.78, 5) is 13.0. The second kappa shape index (κ2) is 7.41. The summed E-state index contributed by atoms with van der Waals surface area (Å²) in [7, 11) is 1.44. The van der Waals surface area contributed by atoms with E-state index in [1.165, 1.54) is 19.2 Å². The van der Waals surface area contributed by atoms with E-state index in [9.17, 15) is 10.2 Å². The maximum absolute atomic E-state index is 10.4. The van der Waals surface area contributed by atoms with E-state index in [1.54, 1.807) is 0 Å². The first-order valence-corrected chi connectivity index (χ1v) is 9.85. The molecule has 0 radical (unpaired) electrons. The minimum atomic E-state index is -0.228. The van der Waals surface area contributed by atoms with Crippen molar-refractivity contribution in [2.24, 2.45) is 0 Å². The molecule has 0 amide bonds. The summed E-state index contributed by atoms with van der Waals surface area (Å²) in [5, 5.41) is 25.0. The van der Waals surface area contributed by atoms with Gasteiger partial charge >= 0.3 is 0 Å². The van der Waals surface area contributed by atoms with E-state index in [4.69, 9.17) is 16.3 Å². The smallest absolute Gasteiger partial charge is 0.226 e. The number of benzene rings is 4. The third kappa shape index (κ3) is 3.27. The SMILES string of the molecule is COc1cc(O)c(-c2nc(Cl)nc(-c3cc4ccccc4c4ccccc34)n2)c(O)c1. The molecule has 5 rings (SSSR count). The molecule has 0 unspecified atom stereocenters. The average molecular weight is 430 g/mol. The van der Waals surface area contributed by atoms with Gasteiger partial charge in [0.2, 0.25) is 5.28 Å². The van der Waals surface area contributed by atoms with Gasteiger partial charge in [0.1, 0.15) is 22.8 Å². The fourth-order valence-corrected chi connectivity index (χ4v) is 3.92. The zero-order valence-electron chi connectivity index (χ0n) is 16.4. The Morgan fingerprint density at radius 1 is 0.742 bits per heavy atom. The van der Waals surface area contributed by atoms with Crippen LogP contribution in [0.15, 0.2) is 66.7 Å². The van der Waals surface area contributed by atoms with Gasteiger partial charge in [0.05, 0.1) is 7.11 Å². The van der Waals surface area contributed by atoms with Gasteiger partial charge in [0.15, 0.2) is 11.6 Å². The fourth-order valence-electron chi connectivity index (χ4n) is 3.76. The number of ether oxygens (including phenoxy) is 1. The van der Waals surface area contributed by atoms with E-state index < -0.39 is 0 Å². The zero-order valence-corrected chi connectivity index (χ0v) is 17.1. The van der Waals surface area contributed by atoms with Crippen LogP contribution in [-0.2, 0) is 0 Å². The van der Waals surface area contributed by atoms with Crippen molar-refractivity contribution in [2.75, 3.05) is 7.11 Å². The Labute approximate surface area is 182 Å². The minimum absolute atomic E-state index is 0.0492. The molecule has 7 heteroatoms. The molecule has 152 valence electrons. The van der Waals surface area contributed by atoms with Crippen molar-refractivity contribution < 1.29 is 14.9 Å². The van der Waals surface area contributed by atoms with Crippen LogP contribution in [0.4, 0.5) is 0 Å². The number of hydrogen-bond donors (Lipinski definition) is 2. The van der Waals surface area contributed by atoms with Crippen molar-refractivity contribution in [1.82, 2.24) is 15.0 Å². The molecule has 0 atom stereocenters. The summed E-state index contributed by atoms with van der Waals surface area (Å²) in [5.74, 6) is 0.248. The van der Waals surface area contributed by atoms with Crippen molar-refractivity contribution in [1.29, 1.82) is 0 Å². The van der Waals surface area contributed by atoms with Crippen LogP contribution in [0.5, 0.6) is 17.2 Å². The van der Waals surface area contributed by atoms with Gasteiger partial charge in [-0.15, -0.1) is 0 Å². The van der Waals surface area contributed by atoms with Gasteiger partial charge in [0.25, 0.3) is 0 Å². The van der Waals surface area contributed by atoms with Crippen LogP contribution in [0.2, 0.25) is 5.28 Å². The fraction of sp³-hybridized carbons (Fsp3) is 0.0417. The first-order valence-electron chi connectivity index (χ1n) is 9.48. The van der Waals surface area contributed by atoms with Gasteiger partial charge in [-0.3, -0.25) is 0 Å². The van der Waals surface area contributed by atoms with E-state index in [0.717, 1.165) is 27.1 Å². The molecule has 31 heavy (non-hydrogen) atoms. The minimum Gasteiger partial charge on any atom is -0.507 e. The van der Waals surface area contributed by atoms with Gasteiger partial charge in [0, 0.05) is 17.7 Å². The molecule has 1 heterocycles. The highest BCUT2D eigenvalue weighted by Crippen LogP contribution is 2.40. The van der Waals surface area contributed by atoms with Crippen LogP contribution in [0.3, 0.4) is 0 Å². The lowest BCUT2D eigenvalue weighted by molar-refractivity contribution is 0.399. The number of halogens is 1. The van der Waals surface area contributed by atoms with E-state index in [2.05, 4.69) is 21.0 Å². The monoisotopic (exact) mass is 429 g/mol. The summed E-state index contributed by atoms with van der Waals surface area (Å²) in [5.41, 5.74) is 0.823. The number of rotatable bonds is 3. The molecule has 1 aromatic heterocycles. The van der Waals surface area contributed by atoms with Crippen LogP contribution in [-0.4, -0.2) is 32.3 Å². The number of nitrogens with zero attached hydrogens (tertiary/aromatic N) is 3. The van der Waals surface area contributed by atoms with Gasteiger partial charge in [-0.05, 0) is 39.2 Å². The molecule has 4 aromatic carbocycles. The second-order valence-corrected chi connectivity index (χ2v) is 7.32. The van der Waals surface area contributed by atoms with E-state index in [-0.39, 0.29) is 28.2 Å². The third-order valence-electron chi connectivity index (χ3n) is 5.15. The maximum Gasteiger partial charge on any atom is 0.226 e. The summed E-state index contributed by atoms with van der Waals surface area (Å²) in [6.07, 6.45) is 0. The van der Waals surface area contributed by atoms with Gasteiger partial charge < -0.3 is 14.9 Å². The quantitative estimate of drug-likeness (QED) is 0.364. The summed E-state index contributed by atoms with van der Waals surface area (Å²) in [6.45, 7) is 0. The molecule has 0 saturated heterocycles. The lowest BCUT2D eigenvalue weighted by atomic mass is 9.97. The number of aromatic nitrogens is 3. The Morgan fingerprint density at radius 2 is 1.35 bits per heavy atom. The Bertz CT molecular complexity index is 1450. The summed E-state index contributed by atoms with van der Waals surface area (Å²) in [6, 6.07) is 20.8. The third-order valence-corrected chi connectivity index (χ3v) is 5.32. The summed E-state index contributed by atoms with van der Waals surface area (Å²) < 4.78 is 5.07. The van der Waals surface area contributed by atoms with Gasteiger partial charge in [-0.25, -0.2) is 4.98 Å². The van der Waals surface area contributed by atoms with Crippen LogP contribution < -0.4 is 4.74 Å². The molecule has 0 spiro atoms. The van der Waals surface area contributed by atoms with E-state index in [0.29, 0.717) is 11.6 Å². The molecule has 0 aliphatic carbocycles. The number of hydrogen-bond acceptors (Lipinski definition) is 6. The van der Waals surface area contributed by atoms with Crippen molar-refractivity contribution in [3.63, 3.8) is 0 Å². The molecule has 0 aliphatic heterocycles. The Morgan fingerprint density at radius 3 is 2.06 bits per heavy atom. The standard InChI is InChI=1S/C24H16ClN3O3/c1-31-14-11-19(29)21(20(30)12-14)23-26-22(27-24(25)28-23)18-10-13-6-2-3-7-15(13)16-8-4-5-9-17(16)18/h2-12,29-30H,1H3. The molecule has 2 N–H and O–H groups in total. The van der Waals surface area contributed by atoms with Crippen LogP contribution in [0.1, 0.15) is 0 Å². The Hall–Kier alpha value is -3.90. The van der Waals surface area contributed by atoms with Crippen molar-refractivity contribution in [3.8, 4) is 40.0 Å². The summed E-state index contributed by atoms with van der Waals surface area (Å²) >= 11 is 6.23. The molecule has 0 aliphatic rings. The number of methoxy groups -OCH3 is 1. The zero-order chi connectivity index (χ0) is 21.5. The number of phenols is 2. The molecule has 0 fully saturated rings. The lowest BCUT2D eigenvalue weighted by Gasteiger charge is -2.12. The highest BCUT2D eigenvalue weighted by Gasteiger charge is 2.19. The molecular formula is C24H16ClN3O3. The average Bonchev–Trinajstić information content (AvgIpc) is 2.77. The molecular weight excluding hydrogens is 414 g/mol. The van der Waals surface area contributed by atoms with Crippen LogP contribution >= 0.6 is 11.6 Å². The Balaban J connectivity index is 1.78. The molecule has 5 aromatic rings. The Kier molecular flexibility index (Phi) is 4.56. The number of fused-ring (bicyclic) bond motifs is 3. The molecule has 0 saturated carbocycles. The predicted octanol–water partition coefficient (Wildman–Crippen LogP) is 5.59. The topological polar surface area (TPSA) is 88.4 Å².